The Hall–Kier alpha value is -4.57. The van der Waals surface area contributed by atoms with Crippen molar-refractivity contribution in [1.82, 2.24) is 0 Å². The molecule has 0 saturated carbocycles. The molecule has 0 aromatic heterocycles. The predicted octanol–water partition coefficient (Wildman–Crippen LogP) is 5.08. The molecule has 0 unspecified atom stereocenters. The van der Waals surface area contributed by atoms with E-state index in [1.807, 2.05) is 0 Å². The lowest BCUT2D eigenvalue weighted by molar-refractivity contribution is -0.385. The number of hydrogen-bond donors (Lipinski definition) is 0. The summed E-state index contributed by atoms with van der Waals surface area (Å²) in [5.41, 5.74) is 1.06. The zero-order valence-corrected chi connectivity index (χ0v) is 18.0. The van der Waals surface area contributed by atoms with Gasteiger partial charge in [-0.1, -0.05) is 35.9 Å². The van der Waals surface area contributed by atoms with Gasteiger partial charge in [-0.15, -0.1) is 0 Å². The lowest BCUT2D eigenvalue weighted by Gasteiger charge is -2.07. The highest BCUT2D eigenvalue weighted by atomic mass is 35.5. The monoisotopic (exact) mass is 479 g/mol. The Morgan fingerprint density at radius 1 is 0.971 bits per heavy atom. The second-order valence-electron chi connectivity index (χ2n) is 7.05. The third-order valence-electron chi connectivity index (χ3n) is 4.70. The molecule has 0 radical (unpaired) electrons. The van der Waals surface area contributed by atoms with Crippen LogP contribution in [0.25, 0.3) is 6.08 Å². The van der Waals surface area contributed by atoms with E-state index in [1.165, 1.54) is 36.4 Å². The molecule has 11 heteroatoms. The molecule has 4 rings (SSSR count). The number of halogens is 1. The van der Waals surface area contributed by atoms with Gasteiger partial charge < -0.3 is 9.47 Å². The fraction of sp³-hybridized carbons (Fsp3) is 0.0435. The maximum atomic E-state index is 12.3. The number of aliphatic imine (C=N–C) groups is 1. The Morgan fingerprint density at radius 3 is 2.47 bits per heavy atom. The lowest BCUT2D eigenvalue weighted by Crippen LogP contribution is -2.06. The van der Waals surface area contributed by atoms with Crippen LogP contribution in [0.1, 0.15) is 16.7 Å². The molecule has 1 heterocycles. The molecule has 0 bridgehead atoms. The Balaban J connectivity index is 1.54. The number of ether oxygens (including phenoxy) is 2. The van der Waals surface area contributed by atoms with E-state index < -0.39 is 15.8 Å². The average molecular weight is 480 g/mol. The summed E-state index contributed by atoms with van der Waals surface area (Å²) in [7, 11) is 0. The number of carbonyl (C=O) groups excluding carboxylic acids is 1. The van der Waals surface area contributed by atoms with Crippen molar-refractivity contribution in [2.75, 3.05) is 0 Å². The van der Waals surface area contributed by atoms with Gasteiger partial charge in [0.05, 0.1) is 20.4 Å². The predicted molar refractivity (Wildman–Crippen MR) is 123 cm³/mol. The summed E-state index contributed by atoms with van der Waals surface area (Å²) in [5, 5.41) is 22.1. The number of benzene rings is 3. The van der Waals surface area contributed by atoms with Gasteiger partial charge in [0.2, 0.25) is 5.90 Å². The number of nitro benzene ring substituents is 2. The van der Waals surface area contributed by atoms with Crippen molar-refractivity contribution in [1.29, 1.82) is 0 Å². The van der Waals surface area contributed by atoms with Crippen LogP contribution in [0.15, 0.2) is 77.4 Å². The van der Waals surface area contributed by atoms with Crippen LogP contribution in [0.3, 0.4) is 0 Å². The van der Waals surface area contributed by atoms with Crippen molar-refractivity contribution in [3.05, 3.63) is 114 Å². The van der Waals surface area contributed by atoms with Gasteiger partial charge in [0.15, 0.2) is 5.70 Å². The Bertz CT molecular complexity index is 1380. The van der Waals surface area contributed by atoms with Crippen molar-refractivity contribution in [3.8, 4) is 5.75 Å². The van der Waals surface area contributed by atoms with Gasteiger partial charge in [-0.3, -0.25) is 20.2 Å². The first kappa shape index (κ1) is 22.6. The van der Waals surface area contributed by atoms with Crippen molar-refractivity contribution in [2.24, 2.45) is 4.99 Å². The smallest absolute Gasteiger partial charge is 0.363 e. The van der Waals surface area contributed by atoms with Crippen LogP contribution in [0.5, 0.6) is 5.75 Å². The van der Waals surface area contributed by atoms with Gasteiger partial charge in [0.25, 0.3) is 11.4 Å². The SMILES string of the molecule is O=C1OC(c2cc([N+](=O)[O-])ccc2Cl)=N/C1=C\c1cccc(OCc2cccc([N+](=O)[O-])c2)c1. The highest BCUT2D eigenvalue weighted by molar-refractivity contribution is 6.34. The minimum atomic E-state index is -0.736. The third-order valence-corrected chi connectivity index (χ3v) is 5.03. The molecule has 3 aromatic carbocycles. The molecular weight excluding hydrogens is 466 g/mol. The topological polar surface area (TPSA) is 134 Å². The summed E-state index contributed by atoms with van der Waals surface area (Å²) < 4.78 is 10.9. The summed E-state index contributed by atoms with van der Waals surface area (Å²) in [5.74, 6) is -0.401. The zero-order chi connectivity index (χ0) is 24.2. The molecule has 0 saturated heterocycles. The largest absolute Gasteiger partial charge is 0.489 e. The molecule has 170 valence electrons. The second-order valence-corrected chi connectivity index (χ2v) is 7.45. The van der Waals surface area contributed by atoms with Crippen LogP contribution in [0.4, 0.5) is 11.4 Å². The van der Waals surface area contributed by atoms with E-state index in [2.05, 4.69) is 4.99 Å². The number of rotatable bonds is 7. The minimum Gasteiger partial charge on any atom is -0.489 e. The van der Waals surface area contributed by atoms with Gasteiger partial charge in [-0.25, -0.2) is 9.79 Å². The van der Waals surface area contributed by atoms with E-state index >= 15 is 0 Å². The summed E-state index contributed by atoms with van der Waals surface area (Å²) >= 11 is 6.10. The number of cyclic esters (lactones) is 1. The highest BCUT2D eigenvalue weighted by Gasteiger charge is 2.27. The van der Waals surface area contributed by atoms with Gasteiger partial charge in [-0.2, -0.15) is 0 Å². The standard InChI is InChI=1S/C23H14ClN3O7/c24-20-8-7-17(27(31)32)12-19(20)22-25-21(23(28)34-22)11-14-3-2-6-18(10-14)33-13-15-4-1-5-16(9-15)26(29)30/h1-12H,13H2/b21-11-. The summed E-state index contributed by atoms with van der Waals surface area (Å²) in [6.45, 7) is 0.108. The molecule has 0 amide bonds. The van der Waals surface area contributed by atoms with Crippen LogP contribution in [-0.2, 0) is 16.1 Å². The minimum absolute atomic E-state index is 0.0200. The number of nitro groups is 2. The average Bonchev–Trinajstić information content (AvgIpc) is 3.18. The summed E-state index contributed by atoms with van der Waals surface area (Å²) in [6, 6.07) is 16.6. The quantitative estimate of drug-likeness (QED) is 0.199. The van der Waals surface area contributed by atoms with E-state index in [9.17, 15) is 25.0 Å². The lowest BCUT2D eigenvalue weighted by atomic mass is 10.2. The van der Waals surface area contributed by atoms with Gasteiger partial charge in [0.1, 0.15) is 12.4 Å². The normalized spacial score (nSPS) is 14.0. The number of non-ortho nitro benzene ring substituents is 2. The van der Waals surface area contributed by atoms with Crippen LogP contribution in [-0.4, -0.2) is 21.7 Å². The Kier molecular flexibility index (Phi) is 6.33. The molecule has 0 fully saturated rings. The van der Waals surface area contributed by atoms with E-state index in [4.69, 9.17) is 21.1 Å². The van der Waals surface area contributed by atoms with E-state index in [1.54, 1.807) is 36.4 Å². The molecule has 1 aliphatic heterocycles. The first-order valence-electron chi connectivity index (χ1n) is 9.73. The van der Waals surface area contributed by atoms with Crippen molar-refractivity contribution in [2.45, 2.75) is 6.61 Å². The Labute approximate surface area is 197 Å². The third kappa shape index (κ3) is 5.08. The van der Waals surface area contributed by atoms with Crippen molar-refractivity contribution in [3.63, 3.8) is 0 Å². The number of hydrogen-bond acceptors (Lipinski definition) is 8. The molecule has 0 atom stereocenters. The molecule has 1 aliphatic rings. The van der Waals surface area contributed by atoms with E-state index in [-0.39, 0.29) is 40.2 Å². The van der Waals surface area contributed by atoms with Crippen LogP contribution < -0.4 is 4.74 Å². The van der Waals surface area contributed by atoms with Crippen LogP contribution >= 0.6 is 11.6 Å². The number of nitrogens with zero attached hydrogens (tertiary/aromatic N) is 3. The first-order valence-corrected chi connectivity index (χ1v) is 10.1. The zero-order valence-electron chi connectivity index (χ0n) is 17.2. The van der Waals surface area contributed by atoms with Crippen LogP contribution in [0, 0.1) is 20.2 Å². The molecule has 34 heavy (non-hydrogen) atoms. The van der Waals surface area contributed by atoms with Gasteiger partial charge in [0, 0.05) is 24.3 Å². The molecule has 0 spiro atoms. The maximum absolute atomic E-state index is 12.3. The highest BCUT2D eigenvalue weighted by Crippen LogP contribution is 2.27. The van der Waals surface area contributed by atoms with E-state index in [0.29, 0.717) is 16.9 Å². The van der Waals surface area contributed by atoms with Gasteiger partial charge >= 0.3 is 5.97 Å². The van der Waals surface area contributed by atoms with Gasteiger partial charge in [-0.05, 0) is 35.4 Å². The summed E-state index contributed by atoms with van der Waals surface area (Å²) in [6.07, 6.45) is 1.47. The molecular formula is C23H14ClN3O7. The molecule has 10 nitrogen and oxygen atoms in total. The summed E-state index contributed by atoms with van der Waals surface area (Å²) in [4.78, 5) is 37.3. The fourth-order valence-corrected chi connectivity index (χ4v) is 3.29. The van der Waals surface area contributed by atoms with Crippen molar-refractivity contribution < 1.29 is 24.1 Å². The second kappa shape index (κ2) is 9.51. The molecule has 3 aromatic rings. The van der Waals surface area contributed by atoms with Crippen LogP contribution in [0.2, 0.25) is 5.02 Å². The van der Waals surface area contributed by atoms with Crippen molar-refractivity contribution >= 4 is 40.9 Å². The first-order chi connectivity index (χ1) is 16.3. The molecule has 0 N–H and O–H groups in total. The maximum Gasteiger partial charge on any atom is 0.363 e. The Morgan fingerprint density at radius 2 is 1.71 bits per heavy atom. The van der Waals surface area contributed by atoms with E-state index in [0.717, 1.165) is 0 Å². The fourth-order valence-electron chi connectivity index (χ4n) is 3.09. The number of esters is 1. The number of carbonyl (C=O) groups is 1. The molecule has 0 aliphatic carbocycles.